The van der Waals surface area contributed by atoms with Crippen LogP contribution in [0, 0.1) is 0 Å². The zero-order chi connectivity index (χ0) is 26.4. The van der Waals surface area contributed by atoms with Gasteiger partial charge in [0.1, 0.15) is 5.78 Å². The highest BCUT2D eigenvalue weighted by Crippen LogP contribution is 2.46. The fourth-order valence-electron chi connectivity index (χ4n) is 4.66. The molecule has 4 rings (SSSR count). The van der Waals surface area contributed by atoms with Crippen molar-refractivity contribution < 1.29 is 9.59 Å². The van der Waals surface area contributed by atoms with Crippen LogP contribution in [0.15, 0.2) is 60.2 Å². The highest BCUT2D eigenvalue weighted by atomic mass is 35.5. The predicted octanol–water partition coefficient (Wildman–Crippen LogP) is 9.32. The van der Waals surface area contributed by atoms with E-state index in [1.165, 1.54) is 0 Å². The van der Waals surface area contributed by atoms with Crippen LogP contribution in [-0.4, -0.2) is 11.8 Å². The number of amides is 2. The maximum atomic E-state index is 13.2. The van der Waals surface area contributed by atoms with Crippen LogP contribution in [0.2, 0.25) is 10.0 Å². The first-order valence-electron chi connectivity index (χ1n) is 12.2. The van der Waals surface area contributed by atoms with Gasteiger partial charge < -0.3 is 5.32 Å². The van der Waals surface area contributed by atoms with Crippen LogP contribution in [0.1, 0.15) is 69.1 Å². The Morgan fingerprint density at radius 2 is 1.75 bits per heavy atom. The molecule has 2 aromatic carbocycles. The van der Waals surface area contributed by atoms with Gasteiger partial charge in [-0.2, -0.15) is 0 Å². The molecule has 2 aliphatic rings. The zero-order valence-electron chi connectivity index (χ0n) is 20.8. The molecule has 36 heavy (non-hydrogen) atoms. The van der Waals surface area contributed by atoms with Gasteiger partial charge in [0.2, 0.25) is 0 Å². The number of hydrogen-bond acceptors (Lipinski definition) is 2. The minimum Gasteiger partial charge on any atom is -0.333 e. The van der Waals surface area contributed by atoms with Gasteiger partial charge in [0.05, 0.1) is 21.4 Å². The quantitative estimate of drug-likeness (QED) is 0.380. The number of ketones is 1. The second-order valence-corrected chi connectivity index (χ2v) is 9.62. The maximum Gasteiger partial charge on any atom is 0.326 e. The summed E-state index contributed by atoms with van der Waals surface area (Å²) in [5, 5.41) is 4.28. The summed E-state index contributed by atoms with van der Waals surface area (Å²) in [6.45, 7) is 10.1. The van der Waals surface area contributed by atoms with Gasteiger partial charge in [0.15, 0.2) is 0 Å². The summed E-state index contributed by atoms with van der Waals surface area (Å²) in [6, 6.07) is 9.02. The third kappa shape index (κ3) is 5.72. The van der Waals surface area contributed by atoms with Crippen molar-refractivity contribution in [2.24, 2.45) is 0 Å². The fourth-order valence-corrected chi connectivity index (χ4v) is 5.39. The van der Waals surface area contributed by atoms with Crippen LogP contribution in [-0.2, 0) is 11.3 Å². The minimum absolute atomic E-state index is 0.199. The van der Waals surface area contributed by atoms with Crippen molar-refractivity contribution in [1.82, 2.24) is 5.32 Å². The van der Waals surface area contributed by atoms with Crippen LogP contribution in [0.3, 0.4) is 0 Å². The largest absolute Gasteiger partial charge is 0.333 e. The Morgan fingerprint density at radius 3 is 2.33 bits per heavy atom. The normalized spacial score (nSPS) is 16.7. The lowest BCUT2D eigenvalue weighted by molar-refractivity contribution is -0.120. The van der Waals surface area contributed by atoms with Crippen LogP contribution in [0.25, 0.3) is 5.57 Å². The molecular weight excluding hydrogens is 515 g/mol. The number of nitrogens with one attached hydrogen (secondary N) is 1. The second-order valence-electron chi connectivity index (χ2n) is 8.40. The Morgan fingerprint density at radius 1 is 1.11 bits per heavy atom. The van der Waals surface area contributed by atoms with E-state index < -0.39 is 0 Å². The van der Waals surface area contributed by atoms with Crippen LogP contribution in [0.4, 0.5) is 16.2 Å². The molecule has 0 spiro atoms. The van der Waals surface area contributed by atoms with Gasteiger partial charge in [-0.1, -0.05) is 85.6 Å². The number of allylic oxidation sites excluding steroid dienone is 5. The maximum absolute atomic E-state index is 13.2. The van der Waals surface area contributed by atoms with Crippen molar-refractivity contribution in [3.05, 3.63) is 86.9 Å². The van der Waals surface area contributed by atoms with E-state index in [0.29, 0.717) is 51.6 Å². The smallest absolute Gasteiger partial charge is 0.326 e. The number of nitrogens with zero attached hydrogens (tertiary/aromatic N) is 1. The predicted molar refractivity (Wildman–Crippen MR) is 153 cm³/mol. The number of anilines is 2. The van der Waals surface area contributed by atoms with Gasteiger partial charge in [-0.25, -0.2) is 4.79 Å². The van der Waals surface area contributed by atoms with Gasteiger partial charge in [-0.3, -0.25) is 9.69 Å². The molecule has 0 aromatic heterocycles. The molecule has 190 valence electrons. The Balaban J connectivity index is 0.00000176. The number of para-hydroxylation sites is 1. The molecule has 1 saturated carbocycles. The number of urea groups is 1. The molecule has 4 nitrogen and oxygen atoms in total. The summed E-state index contributed by atoms with van der Waals surface area (Å²) in [5.74, 6) is 0.493. The topological polar surface area (TPSA) is 49.4 Å². The van der Waals surface area contributed by atoms with Crippen LogP contribution in [0.5, 0.6) is 0 Å². The molecule has 1 aliphatic heterocycles. The Kier molecular flexibility index (Phi) is 9.84. The third-order valence-corrected chi connectivity index (χ3v) is 7.40. The van der Waals surface area contributed by atoms with E-state index in [0.717, 1.165) is 35.1 Å². The highest BCUT2D eigenvalue weighted by Gasteiger charge is 2.33. The number of halogens is 3. The lowest BCUT2D eigenvalue weighted by atomic mass is 9.81. The molecular formula is C29H31Cl3N2O2. The first kappa shape index (κ1) is 28.0. The number of benzene rings is 2. The molecule has 0 saturated heterocycles. The molecule has 1 N–H and O–H groups in total. The molecule has 0 radical (unpaired) electrons. The lowest BCUT2D eigenvalue weighted by Gasteiger charge is -2.34. The van der Waals surface area contributed by atoms with Gasteiger partial charge in [-0.15, -0.1) is 0 Å². The van der Waals surface area contributed by atoms with E-state index in [1.807, 2.05) is 39.0 Å². The van der Waals surface area contributed by atoms with Crippen molar-refractivity contribution in [3.8, 4) is 0 Å². The zero-order valence-corrected chi connectivity index (χ0v) is 23.1. The van der Waals surface area contributed by atoms with E-state index in [-0.39, 0.29) is 11.9 Å². The van der Waals surface area contributed by atoms with Crippen LogP contribution < -0.4 is 10.2 Å². The van der Waals surface area contributed by atoms with E-state index >= 15 is 0 Å². The van der Waals surface area contributed by atoms with Crippen molar-refractivity contribution >= 4 is 63.6 Å². The summed E-state index contributed by atoms with van der Waals surface area (Å²) in [7, 11) is 0. The van der Waals surface area contributed by atoms with E-state index in [2.05, 4.69) is 18.0 Å². The fraction of sp³-hybridized carbons (Fsp3) is 0.310. The first-order chi connectivity index (χ1) is 17.3. The summed E-state index contributed by atoms with van der Waals surface area (Å²) in [4.78, 5) is 26.6. The Labute approximate surface area is 228 Å². The van der Waals surface area contributed by atoms with E-state index in [4.69, 9.17) is 34.8 Å². The minimum atomic E-state index is -0.309. The van der Waals surface area contributed by atoms with Crippen LogP contribution >= 0.6 is 34.8 Å². The molecule has 0 bridgehead atoms. The van der Waals surface area contributed by atoms with Gasteiger partial charge in [0, 0.05) is 35.6 Å². The lowest BCUT2D eigenvalue weighted by Crippen LogP contribution is -2.42. The number of Topliss-reactive ketones (excluding diaryl/α,β-unsaturated/α-hetero) is 1. The molecule has 2 aromatic rings. The standard InChI is InChI=1S/C27H25Cl3N2O2.C2H6/c1-3-6-19(22(28)4-2)20-13-17(16-9-11-18(33)12-10-16)14-25-21(20)15-31-27(34)32(25)26-23(29)7-5-8-24(26)30;1-2/h3-8,13-14,16H,1,9-12,15H2,2H3,(H,31,34);1-2H3/b19-6-,22-4+;. The number of hydrogen-bond donors (Lipinski definition) is 1. The number of carbonyl (C=O) groups is 2. The summed E-state index contributed by atoms with van der Waals surface area (Å²) in [5.41, 5.74) is 4.81. The van der Waals surface area contributed by atoms with Crippen molar-refractivity contribution in [1.29, 1.82) is 0 Å². The molecule has 7 heteroatoms. The average molecular weight is 546 g/mol. The summed E-state index contributed by atoms with van der Waals surface area (Å²) < 4.78 is 0. The second kappa shape index (κ2) is 12.6. The van der Waals surface area contributed by atoms with E-state index in [9.17, 15) is 9.59 Å². The average Bonchev–Trinajstić information content (AvgIpc) is 2.89. The van der Waals surface area contributed by atoms with Gasteiger partial charge in [-0.05, 0) is 55.0 Å². The number of rotatable bonds is 5. The van der Waals surface area contributed by atoms with Crippen molar-refractivity contribution in [2.45, 2.75) is 58.9 Å². The SMILES string of the molecule is C=C/C=C(\C(Cl)=C/C)c1cc(C2CCC(=O)CC2)cc2c1CNC(=O)N2c1c(Cl)cccc1Cl.CC. The molecule has 0 unspecified atom stereocenters. The Bertz CT molecular complexity index is 1200. The van der Waals surface area contributed by atoms with Gasteiger partial charge in [0.25, 0.3) is 0 Å². The number of carbonyl (C=O) groups excluding carboxylic acids is 2. The third-order valence-electron chi connectivity index (χ3n) is 6.37. The summed E-state index contributed by atoms with van der Waals surface area (Å²) in [6.07, 6.45) is 8.06. The Hall–Kier alpha value is -2.53. The highest BCUT2D eigenvalue weighted by molar-refractivity contribution is 6.40. The monoisotopic (exact) mass is 544 g/mol. The van der Waals surface area contributed by atoms with Crippen molar-refractivity contribution in [3.63, 3.8) is 0 Å². The summed E-state index contributed by atoms with van der Waals surface area (Å²) >= 11 is 19.7. The molecule has 1 aliphatic carbocycles. The molecule has 1 fully saturated rings. The van der Waals surface area contributed by atoms with Gasteiger partial charge >= 0.3 is 6.03 Å². The first-order valence-corrected chi connectivity index (χ1v) is 13.3. The molecule has 1 heterocycles. The molecule has 2 amide bonds. The number of fused-ring (bicyclic) bond motifs is 1. The molecule has 0 atom stereocenters. The van der Waals surface area contributed by atoms with E-state index in [1.54, 1.807) is 29.2 Å². The van der Waals surface area contributed by atoms with Crippen molar-refractivity contribution in [2.75, 3.05) is 4.90 Å².